The summed E-state index contributed by atoms with van der Waals surface area (Å²) in [6, 6.07) is 0. The normalized spacial score (nSPS) is 33.2. The van der Waals surface area contributed by atoms with E-state index in [-0.39, 0.29) is 0 Å². The second-order valence-electron chi connectivity index (χ2n) is 2.94. The smallest absolute Gasteiger partial charge is 0.195 e. The molecule has 0 bridgehead atoms. The lowest BCUT2D eigenvalue weighted by Crippen LogP contribution is -1.95. The summed E-state index contributed by atoms with van der Waals surface area (Å²) in [5, 5.41) is 0. The van der Waals surface area contributed by atoms with Gasteiger partial charge in [0.25, 0.3) is 0 Å². The van der Waals surface area contributed by atoms with E-state index in [1.807, 2.05) is 0 Å². The lowest BCUT2D eigenvalue weighted by atomic mass is 10.1. The van der Waals surface area contributed by atoms with E-state index in [0.29, 0.717) is 5.41 Å². The van der Waals surface area contributed by atoms with E-state index in [9.17, 15) is 0 Å². The first-order valence-corrected chi connectivity index (χ1v) is 3.86. The van der Waals surface area contributed by atoms with E-state index in [1.165, 1.54) is 12.8 Å². The van der Waals surface area contributed by atoms with Crippen LogP contribution in [-0.4, -0.2) is 12.5 Å². The molecule has 1 saturated carbocycles. The zero-order valence-corrected chi connectivity index (χ0v) is 6.65. The number of halogens is 1. The van der Waals surface area contributed by atoms with Crippen molar-refractivity contribution >= 4 is 22.0 Å². The maximum absolute atomic E-state index is 5.28. The predicted molar refractivity (Wildman–Crippen MR) is 38.6 cm³/mol. The maximum atomic E-state index is 5.28. The Morgan fingerprint density at radius 3 is 2.67 bits per heavy atom. The van der Waals surface area contributed by atoms with E-state index < -0.39 is 0 Å². The highest BCUT2D eigenvalue weighted by Gasteiger charge is 2.49. The molecule has 2 aliphatic rings. The molecular formula is C6H8BrNO. The molecule has 0 amide bonds. The lowest BCUT2D eigenvalue weighted by molar-refractivity contribution is 0.290. The summed E-state index contributed by atoms with van der Waals surface area (Å²) in [7, 11) is 0. The molecule has 0 N–H and O–H groups in total. The molecule has 0 atom stereocenters. The standard InChI is InChI=1S/C6H8BrNO/c7-8-5-3-6(1-2-6)4-9-5/h1-4H2/b8-5+. The zero-order valence-electron chi connectivity index (χ0n) is 5.06. The van der Waals surface area contributed by atoms with Gasteiger partial charge in [-0.3, -0.25) is 0 Å². The Kier molecular flexibility index (Phi) is 1.09. The molecule has 0 aromatic carbocycles. The second kappa shape index (κ2) is 1.72. The van der Waals surface area contributed by atoms with Crippen molar-refractivity contribution in [3.05, 3.63) is 0 Å². The molecule has 2 fully saturated rings. The number of rotatable bonds is 0. The van der Waals surface area contributed by atoms with Gasteiger partial charge in [-0.15, -0.1) is 0 Å². The maximum Gasteiger partial charge on any atom is 0.195 e. The SMILES string of the molecule is Br/N=C1\CC2(CC2)CO1. The Hall–Kier alpha value is -0.0500. The minimum atomic E-state index is 0.534. The summed E-state index contributed by atoms with van der Waals surface area (Å²) < 4.78 is 9.11. The molecule has 0 radical (unpaired) electrons. The number of hydrogen-bond acceptors (Lipinski definition) is 2. The molecule has 2 nitrogen and oxygen atoms in total. The summed E-state index contributed by atoms with van der Waals surface area (Å²) in [6.07, 6.45) is 3.72. The summed E-state index contributed by atoms with van der Waals surface area (Å²) in [4.78, 5) is 0. The van der Waals surface area contributed by atoms with E-state index in [2.05, 4.69) is 20.2 Å². The Morgan fingerprint density at radius 2 is 2.33 bits per heavy atom. The van der Waals surface area contributed by atoms with Gasteiger partial charge in [-0.1, -0.05) is 0 Å². The minimum Gasteiger partial charge on any atom is -0.480 e. The van der Waals surface area contributed by atoms with Crippen LogP contribution in [-0.2, 0) is 4.74 Å². The van der Waals surface area contributed by atoms with E-state index in [4.69, 9.17) is 4.74 Å². The highest BCUT2D eigenvalue weighted by molar-refractivity contribution is 9.08. The van der Waals surface area contributed by atoms with Gasteiger partial charge >= 0.3 is 0 Å². The van der Waals surface area contributed by atoms with Crippen LogP contribution in [0, 0.1) is 5.41 Å². The number of nitrogens with zero attached hydrogens (tertiary/aromatic N) is 1. The molecule has 0 aromatic heterocycles. The van der Waals surface area contributed by atoms with Gasteiger partial charge in [-0.2, -0.15) is 4.02 Å². The molecular weight excluding hydrogens is 182 g/mol. The summed E-state index contributed by atoms with van der Waals surface area (Å²) in [6.45, 7) is 0.900. The average Bonchev–Trinajstić information content (AvgIpc) is 2.44. The van der Waals surface area contributed by atoms with Gasteiger partial charge in [0.05, 0.1) is 22.8 Å². The molecule has 0 aromatic rings. The summed E-state index contributed by atoms with van der Waals surface area (Å²) >= 11 is 3.02. The van der Waals surface area contributed by atoms with Crippen molar-refractivity contribution in [3.8, 4) is 0 Å². The first-order valence-electron chi connectivity index (χ1n) is 3.15. The fourth-order valence-electron chi connectivity index (χ4n) is 1.21. The van der Waals surface area contributed by atoms with Crippen molar-refractivity contribution in [2.45, 2.75) is 19.3 Å². The van der Waals surface area contributed by atoms with Gasteiger partial charge in [0.15, 0.2) is 5.90 Å². The Balaban J connectivity index is 2.08. The van der Waals surface area contributed by atoms with Crippen LogP contribution in [0.25, 0.3) is 0 Å². The largest absolute Gasteiger partial charge is 0.480 e. The van der Waals surface area contributed by atoms with Crippen LogP contribution in [0.5, 0.6) is 0 Å². The molecule has 1 aliphatic carbocycles. The Labute approximate surface area is 62.6 Å². The van der Waals surface area contributed by atoms with Crippen molar-refractivity contribution in [3.63, 3.8) is 0 Å². The lowest BCUT2D eigenvalue weighted by Gasteiger charge is -1.93. The number of ether oxygens (including phenoxy) is 1. The van der Waals surface area contributed by atoms with Crippen LogP contribution in [0.2, 0.25) is 0 Å². The molecule has 50 valence electrons. The second-order valence-corrected chi connectivity index (χ2v) is 3.30. The molecule has 1 saturated heterocycles. The topological polar surface area (TPSA) is 21.6 Å². The van der Waals surface area contributed by atoms with Crippen molar-refractivity contribution < 1.29 is 4.74 Å². The Bertz CT molecular complexity index is 162. The molecule has 1 aliphatic heterocycles. The third kappa shape index (κ3) is 0.874. The summed E-state index contributed by atoms with van der Waals surface area (Å²) in [5.41, 5.74) is 0.534. The first kappa shape index (κ1) is 5.71. The third-order valence-corrected chi connectivity index (χ3v) is 2.52. The minimum absolute atomic E-state index is 0.534. The van der Waals surface area contributed by atoms with Crippen molar-refractivity contribution in [2.75, 3.05) is 6.61 Å². The molecule has 9 heavy (non-hydrogen) atoms. The molecule has 2 rings (SSSR count). The van der Waals surface area contributed by atoms with Crippen LogP contribution in [0.1, 0.15) is 19.3 Å². The quantitative estimate of drug-likeness (QED) is 0.571. The Morgan fingerprint density at radius 1 is 1.56 bits per heavy atom. The highest BCUT2D eigenvalue weighted by Crippen LogP contribution is 2.52. The highest BCUT2D eigenvalue weighted by atomic mass is 79.9. The van der Waals surface area contributed by atoms with E-state index in [0.717, 1.165) is 18.9 Å². The molecule has 3 heteroatoms. The van der Waals surface area contributed by atoms with Crippen LogP contribution in [0.15, 0.2) is 4.02 Å². The summed E-state index contributed by atoms with van der Waals surface area (Å²) in [5.74, 6) is 0.882. The molecule has 1 heterocycles. The monoisotopic (exact) mass is 189 g/mol. The van der Waals surface area contributed by atoms with Crippen LogP contribution >= 0.6 is 16.1 Å². The van der Waals surface area contributed by atoms with Gasteiger partial charge in [-0.25, -0.2) is 0 Å². The third-order valence-electron chi connectivity index (χ3n) is 2.12. The van der Waals surface area contributed by atoms with Gasteiger partial charge in [0, 0.05) is 11.8 Å². The van der Waals surface area contributed by atoms with E-state index >= 15 is 0 Å². The van der Waals surface area contributed by atoms with Gasteiger partial charge in [0.2, 0.25) is 0 Å². The zero-order chi connectivity index (χ0) is 6.32. The molecule has 1 spiro atoms. The molecule has 0 unspecified atom stereocenters. The van der Waals surface area contributed by atoms with Crippen molar-refractivity contribution in [2.24, 2.45) is 9.43 Å². The van der Waals surface area contributed by atoms with Crippen LogP contribution in [0.3, 0.4) is 0 Å². The van der Waals surface area contributed by atoms with E-state index in [1.54, 1.807) is 0 Å². The van der Waals surface area contributed by atoms with Crippen LogP contribution in [0.4, 0.5) is 0 Å². The van der Waals surface area contributed by atoms with Gasteiger partial charge in [-0.05, 0) is 12.8 Å². The first-order chi connectivity index (χ1) is 4.35. The van der Waals surface area contributed by atoms with Crippen molar-refractivity contribution in [1.29, 1.82) is 0 Å². The van der Waals surface area contributed by atoms with Gasteiger partial charge < -0.3 is 4.74 Å². The fourth-order valence-corrected chi connectivity index (χ4v) is 1.44. The number of hydrogen-bond donors (Lipinski definition) is 0. The predicted octanol–water partition coefficient (Wildman–Crippen LogP) is 1.90. The van der Waals surface area contributed by atoms with Crippen molar-refractivity contribution in [1.82, 2.24) is 0 Å². The fraction of sp³-hybridized carbons (Fsp3) is 0.833. The van der Waals surface area contributed by atoms with Crippen LogP contribution < -0.4 is 0 Å². The average molecular weight is 190 g/mol. The van der Waals surface area contributed by atoms with Gasteiger partial charge in [0.1, 0.15) is 0 Å².